The zero-order valence-corrected chi connectivity index (χ0v) is 14.6. The number of halogens is 1. The fraction of sp³-hybridized carbons (Fsp3) is 0.250. The summed E-state index contributed by atoms with van der Waals surface area (Å²) in [5.41, 5.74) is 3.64. The number of benzene rings is 1. The van der Waals surface area contributed by atoms with Crippen molar-refractivity contribution in [3.8, 4) is 0 Å². The third kappa shape index (κ3) is 2.74. The molecule has 2 nitrogen and oxygen atoms in total. The maximum atomic E-state index is 5.01. The molecule has 1 heterocycles. The molecule has 0 aromatic heterocycles. The summed E-state index contributed by atoms with van der Waals surface area (Å²) in [6.45, 7) is 2.25. The third-order valence-electron chi connectivity index (χ3n) is 4.55. The van der Waals surface area contributed by atoms with E-state index in [1.165, 1.54) is 11.3 Å². The first-order chi connectivity index (χ1) is 11.2. The van der Waals surface area contributed by atoms with Crippen molar-refractivity contribution < 1.29 is 0 Å². The van der Waals surface area contributed by atoms with E-state index in [0.29, 0.717) is 5.92 Å². The van der Waals surface area contributed by atoms with E-state index in [9.17, 15) is 0 Å². The lowest BCUT2D eigenvalue weighted by Crippen LogP contribution is -2.35. The topological polar surface area (TPSA) is 15.6 Å². The Kier molecular flexibility index (Phi) is 3.82. The molecule has 0 fully saturated rings. The molecule has 3 aliphatic rings. The maximum absolute atomic E-state index is 5.01. The van der Waals surface area contributed by atoms with E-state index < -0.39 is 0 Å². The molecule has 1 aromatic carbocycles. The minimum absolute atomic E-state index is 0.0317. The Morgan fingerprint density at radius 1 is 1.17 bits per heavy atom. The van der Waals surface area contributed by atoms with Gasteiger partial charge in [0.05, 0.1) is 11.8 Å². The lowest BCUT2D eigenvalue weighted by atomic mass is 9.98. The zero-order valence-electron chi connectivity index (χ0n) is 13.1. The van der Waals surface area contributed by atoms with Crippen molar-refractivity contribution in [3.05, 3.63) is 82.5 Å². The highest BCUT2D eigenvalue weighted by molar-refractivity contribution is 9.10. The zero-order chi connectivity index (χ0) is 15.8. The van der Waals surface area contributed by atoms with Crippen molar-refractivity contribution in [2.24, 2.45) is 10.9 Å². The van der Waals surface area contributed by atoms with Gasteiger partial charge >= 0.3 is 0 Å². The standard InChI is InChI=1S/C20H19BrN2/c1-14-9-11-17(12-10-14)23-19-8-3-2-7-18(19)22-20(23)15-5-4-6-16(21)13-15/h2-9,11-14,19-20H,10H2,1H3. The van der Waals surface area contributed by atoms with Crippen LogP contribution >= 0.6 is 15.9 Å². The van der Waals surface area contributed by atoms with Gasteiger partial charge in [0, 0.05) is 10.2 Å². The number of nitrogens with zero attached hydrogens (tertiary/aromatic N) is 2. The maximum Gasteiger partial charge on any atom is 0.148 e. The van der Waals surface area contributed by atoms with Crippen LogP contribution in [0, 0.1) is 5.92 Å². The molecule has 0 saturated heterocycles. The number of rotatable bonds is 2. The highest BCUT2D eigenvalue weighted by atomic mass is 79.9. The third-order valence-corrected chi connectivity index (χ3v) is 5.04. The molecule has 0 N–H and O–H groups in total. The Hall–Kier alpha value is -1.87. The molecule has 3 heteroatoms. The molecule has 0 amide bonds. The minimum atomic E-state index is 0.0317. The molecule has 0 saturated carbocycles. The van der Waals surface area contributed by atoms with Crippen molar-refractivity contribution in [1.29, 1.82) is 0 Å². The lowest BCUT2D eigenvalue weighted by molar-refractivity contribution is 0.291. The van der Waals surface area contributed by atoms with Gasteiger partial charge in [-0.3, -0.25) is 4.99 Å². The van der Waals surface area contributed by atoms with Crippen molar-refractivity contribution in [1.82, 2.24) is 4.90 Å². The Bertz CT molecular complexity index is 770. The van der Waals surface area contributed by atoms with E-state index in [2.05, 4.69) is 94.6 Å². The van der Waals surface area contributed by atoms with Gasteiger partial charge in [-0.2, -0.15) is 0 Å². The van der Waals surface area contributed by atoms with Crippen LogP contribution in [0.2, 0.25) is 0 Å². The molecule has 116 valence electrons. The summed E-state index contributed by atoms with van der Waals surface area (Å²) in [4.78, 5) is 7.44. The smallest absolute Gasteiger partial charge is 0.148 e. The van der Waals surface area contributed by atoms with Crippen molar-refractivity contribution in [3.63, 3.8) is 0 Å². The summed E-state index contributed by atoms with van der Waals surface area (Å²) in [7, 11) is 0. The first kappa shape index (κ1) is 14.7. The predicted octanol–water partition coefficient (Wildman–Crippen LogP) is 5.18. The van der Waals surface area contributed by atoms with Crippen LogP contribution in [0.15, 0.2) is 82.0 Å². The van der Waals surface area contributed by atoms with E-state index in [0.717, 1.165) is 16.6 Å². The summed E-state index contributed by atoms with van der Waals surface area (Å²) >= 11 is 3.59. The summed E-state index contributed by atoms with van der Waals surface area (Å²) in [6.07, 6.45) is 16.6. The summed E-state index contributed by atoms with van der Waals surface area (Å²) in [6, 6.07) is 8.70. The van der Waals surface area contributed by atoms with Gasteiger partial charge in [-0.15, -0.1) is 0 Å². The SMILES string of the molecule is CC1C=CC(N2C3C=CC=CC3=NC2c2cccc(Br)c2)=CC1. The molecule has 3 unspecified atom stereocenters. The Labute approximate surface area is 145 Å². The number of allylic oxidation sites excluding steroid dienone is 5. The van der Waals surface area contributed by atoms with Gasteiger partial charge in [0.1, 0.15) is 6.17 Å². The van der Waals surface area contributed by atoms with Crippen LogP contribution in [0.25, 0.3) is 0 Å². The van der Waals surface area contributed by atoms with E-state index in [4.69, 9.17) is 4.99 Å². The van der Waals surface area contributed by atoms with Crippen LogP contribution in [0.1, 0.15) is 25.1 Å². The van der Waals surface area contributed by atoms with Gasteiger partial charge in [0.15, 0.2) is 0 Å². The van der Waals surface area contributed by atoms with Crippen LogP contribution < -0.4 is 0 Å². The van der Waals surface area contributed by atoms with E-state index in [1.807, 2.05) is 0 Å². The molecule has 4 rings (SSSR count). The second kappa shape index (κ2) is 5.97. The predicted molar refractivity (Wildman–Crippen MR) is 99.2 cm³/mol. The second-order valence-electron chi connectivity index (χ2n) is 6.28. The highest BCUT2D eigenvalue weighted by Gasteiger charge is 2.36. The molecule has 2 aliphatic carbocycles. The lowest BCUT2D eigenvalue weighted by Gasteiger charge is -2.33. The minimum Gasteiger partial charge on any atom is -0.334 e. The molecular formula is C20H19BrN2. The highest BCUT2D eigenvalue weighted by Crippen LogP contribution is 2.38. The molecule has 0 bridgehead atoms. The molecule has 0 radical (unpaired) electrons. The first-order valence-corrected chi connectivity index (χ1v) is 8.86. The van der Waals surface area contributed by atoms with Gasteiger partial charge in [0.25, 0.3) is 0 Å². The fourth-order valence-electron chi connectivity index (χ4n) is 3.34. The van der Waals surface area contributed by atoms with Gasteiger partial charge in [-0.05, 0) is 42.2 Å². The van der Waals surface area contributed by atoms with Crippen molar-refractivity contribution in [2.75, 3.05) is 0 Å². The molecule has 23 heavy (non-hydrogen) atoms. The molecule has 1 aromatic rings. The van der Waals surface area contributed by atoms with Gasteiger partial charge in [-0.25, -0.2) is 0 Å². The summed E-state index contributed by atoms with van der Waals surface area (Å²) in [5, 5.41) is 0. The van der Waals surface area contributed by atoms with Crippen molar-refractivity contribution >= 4 is 21.6 Å². The van der Waals surface area contributed by atoms with Crippen LogP contribution in [-0.4, -0.2) is 16.7 Å². The van der Waals surface area contributed by atoms with E-state index in [-0.39, 0.29) is 12.2 Å². The monoisotopic (exact) mass is 366 g/mol. The van der Waals surface area contributed by atoms with Crippen LogP contribution in [0.4, 0.5) is 0 Å². The number of aliphatic imine (C=N–C) groups is 1. The van der Waals surface area contributed by atoms with Gasteiger partial charge < -0.3 is 4.90 Å². The molecule has 3 atom stereocenters. The Morgan fingerprint density at radius 2 is 2.09 bits per heavy atom. The second-order valence-corrected chi connectivity index (χ2v) is 7.20. The summed E-state index contributed by atoms with van der Waals surface area (Å²) in [5.74, 6) is 0.618. The first-order valence-electron chi connectivity index (χ1n) is 8.07. The Morgan fingerprint density at radius 3 is 2.87 bits per heavy atom. The van der Waals surface area contributed by atoms with Gasteiger partial charge in [0.2, 0.25) is 0 Å². The quantitative estimate of drug-likeness (QED) is 0.703. The number of hydrogen-bond acceptors (Lipinski definition) is 2. The largest absolute Gasteiger partial charge is 0.334 e. The van der Waals surface area contributed by atoms with E-state index >= 15 is 0 Å². The Balaban J connectivity index is 1.76. The normalized spacial score (nSPS) is 28.6. The van der Waals surface area contributed by atoms with Crippen LogP contribution in [0.3, 0.4) is 0 Å². The van der Waals surface area contributed by atoms with Crippen molar-refractivity contribution in [2.45, 2.75) is 25.6 Å². The average Bonchev–Trinajstić information content (AvgIpc) is 2.95. The average molecular weight is 367 g/mol. The molecule has 1 aliphatic heterocycles. The fourth-order valence-corrected chi connectivity index (χ4v) is 3.76. The summed E-state index contributed by atoms with van der Waals surface area (Å²) < 4.78 is 1.10. The van der Waals surface area contributed by atoms with Crippen LogP contribution in [-0.2, 0) is 0 Å². The van der Waals surface area contributed by atoms with Crippen LogP contribution in [0.5, 0.6) is 0 Å². The van der Waals surface area contributed by atoms with Gasteiger partial charge in [-0.1, -0.05) is 65.4 Å². The molecule has 0 spiro atoms. The van der Waals surface area contributed by atoms with E-state index in [1.54, 1.807) is 0 Å². The number of fused-ring (bicyclic) bond motifs is 1. The molecular weight excluding hydrogens is 348 g/mol. The number of hydrogen-bond donors (Lipinski definition) is 0.